The number of allylic oxidation sites excluding steroid dienone is 1. The maximum absolute atomic E-state index is 12.9. The van der Waals surface area contributed by atoms with Gasteiger partial charge in [-0.15, -0.1) is 0 Å². The van der Waals surface area contributed by atoms with Crippen LogP contribution in [0.1, 0.15) is 24.1 Å². The molecule has 3 rings (SSSR count). The molecular formula is C19H19N3O2S. The third kappa shape index (κ3) is 3.64. The number of carbonyl (C=O) groups excluding carboxylic acids is 1. The zero-order chi connectivity index (χ0) is 18.0. The predicted octanol–water partition coefficient (Wildman–Crippen LogP) is 3.13. The molecule has 1 aliphatic heterocycles. The molecule has 0 aliphatic carbocycles. The van der Waals surface area contributed by atoms with E-state index in [0.717, 1.165) is 11.3 Å². The van der Waals surface area contributed by atoms with Crippen LogP contribution in [-0.4, -0.2) is 16.1 Å². The number of anilines is 1. The lowest BCUT2D eigenvalue weighted by atomic mass is 9.94. The summed E-state index contributed by atoms with van der Waals surface area (Å²) in [5.74, 6) is -0.141. The van der Waals surface area contributed by atoms with Gasteiger partial charge in [0, 0.05) is 16.9 Å². The van der Waals surface area contributed by atoms with Crippen LogP contribution in [0.4, 0.5) is 5.69 Å². The molecule has 0 saturated carbocycles. The Morgan fingerprint density at radius 1 is 1.16 bits per heavy atom. The quantitative estimate of drug-likeness (QED) is 0.638. The summed E-state index contributed by atoms with van der Waals surface area (Å²) in [7, 11) is 0. The standard InChI is InChI=1S/C19H19N3O2S/c1-11-6-5-7-13(10-11)21-18(24)16-12(2)20-19(25)22-17(16)14-8-3-4-9-15(14)23/h3-10,17,23H,1-2H3,(H,21,24)(H2,20,22,25)/t17-/m0/s1. The number of carbonyl (C=O) groups is 1. The summed E-state index contributed by atoms with van der Waals surface area (Å²) in [6, 6.07) is 14.0. The monoisotopic (exact) mass is 353 g/mol. The van der Waals surface area contributed by atoms with Gasteiger partial charge in [-0.2, -0.15) is 0 Å². The van der Waals surface area contributed by atoms with Crippen molar-refractivity contribution >= 4 is 28.9 Å². The third-order valence-corrected chi connectivity index (χ3v) is 4.26. The number of para-hydroxylation sites is 1. The molecule has 128 valence electrons. The number of rotatable bonds is 3. The first kappa shape index (κ1) is 17.0. The Morgan fingerprint density at radius 2 is 1.92 bits per heavy atom. The second kappa shape index (κ2) is 6.94. The van der Waals surface area contributed by atoms with Crippen molar-refractivity contribution in [2.45, 2.75) is 19.9 Å². The van der Waals surface area contributed by atoms with Crippen LogP contribution in [-0.2, 0) is 4.79 Å². The maximum atomic E-state index is 12.9. The second-order valence-electron chi connectivity index (χ2n) is 5.95. The molecule has 2 aromatic rings. The van der Waals surface area contributed by atoms with Gasteiger partial charge in [0.2, 0.25) is 0 Å². The number of amides is 1. The van der Waals surface area contributed by atoms with Gasteiger partial charge in [0.05, 0.1) is 11.6 Å². The Hall–Kier alpha value is -2.86. The molecule has 0 aromatic heterocycles. The highest BCUT2D eigenvalue weighted by atomic mass is 32.1. The van der Waals surface area contributed by atoms with Crippen molar-refractivity contribution in [3.05, 3.63) is 70.9 Å². The van der Waals surface area contributed by atoms with Crippen molar-refractivity contribution < 1.29 is 9.90 Å². The van der Waals surface area contributed by atoms with Crippen LogP contribution in [0.5, 0.6) is 5.75 Å². The van der Waals surface area contributed by atoms with Gasteiger partial charge in [-0.3, -0.25) is 4.79 Å². The van der Waals surface area contributed by atoms with Crippen molar-refractivity contribution in [1.29, 1.82) is 0 Å². The molecule has 0 spiro atoms. The van der Waals surface area contributed by atoms with Crippen LogP contribution in [0, 0.1) is 6.92 Å². The lowest BCUT2D eigenvalue weighted by Gasteiger charge is -2.30. The Labute approximate surface area is 151 Å². The van der Waals surface area contributed by atoms with Gasteiger partial charge in [-0.05, 0) is 49.8 Å². The summed E-state index contributed by atoms with van der Waals surface area (Å²) < 4.78 is 0. The molecule has 1 amide bonds. The van der Waals surface area contributed by atoms with E-state index in [4.69, 9.17) is 12.2 Å². The zero-order valence-electron chi connectivity index (χ0n) is 14.0. The summed E-state index contributed by atoms with van der Waals surface area (Å²) in [5, 5.41) is 19.6. The van der Waals surface area contributed by atoms with E-state index < -0.39 is 6.04 Å². The molecule has 5 nitrogen and oxygen atoms in total. The van der Waals surface area contributed by atoms with Gasteiger partial charge < -0.3 is 21.1 Å². The smallest absolute Gasteiger partial charge is 0.255 e. The van der Waals surface area contributed by atoms with Crippen molar-refractivity contribution in [3.8, 4) is 5.75 Å². The molecule has 25 heavy (non-hydrogen) atoms. The number of phenols is 1. The van der Waals surface area contributed by atoms with E-state index in [9.17, 15) is 9.90 Å². The molecule has 0 fully saturated rings. The number of phenolic OH excluding ortho intramolecular Hbond substituents is 1. The largest absolute Gasteiger partial charge is 0.508 e. The summed E-state index contributed by atoms with van der Waals surface area (Å²) in [5.41, 5.74) is 3.51. The fourth-order valence-electron chi connectivity index (χ4n) is 2.88. The van der Waals surface area contributed by atoms with Crippen LogP contribution < -0.4 is 16.0 Å². The van der Waals surface area contributed by atoms with E-state index in [1.807, 2.05) is 37.3 Å². The molecule has 1 heterocycles. The number of aromatic hydroxyl groups is 1. The lowest BCUT2D eigenvalue weighted by molar-refractivity contribution is -0.113. The van der Waals surface area contributed by atoms with Crippen LogP contribution in [0.25, 0.3) is 0 Å². The van der Waals surface area contributed by atoms with Crippen molar-refractivity contribution in [1.82, 2.24) is 10.6 Å². The minimum atomic E-state index is -0.528. The van der Waals surface area contributed by atoms with Gasteiger partial charge in [-0.25, -0.2) is 0 Å². The molecule has 6 heteroatoms. The van der Waals surface area contributed by atoms with Gasteiger partial charge in [0.25, 0.3) is 5.91 Å². The highest BCUT2D eigenvalue weighted by molar-refractivity contribution is 7.80. The summed E-state index contributed by atoms with van der Waals surface area (Å²) in [4.78, 5) is 12.9. The van der Waals surface area contributed by atoms with Crippen molar-refractivity contribution in [2.24, 2.45) is 0 Å². The van der Waals surface area contributed by atoms with E-state index in [-0.39, 0.29) is 11.7 Å². The van der Waals surface area contributed by atoms with E-state index >= 15 is 0 Å². The lowest BCUT2D eigenvalue weighted by Crippen LogP contribution is -2.45. The first-order chi connectivity index (χ1) is 12.0. The number of hydrogen-bond donors (Lipinski definition) is 4. The summed E-state index contributed by atoms with van der Waals surface area (Å²) in [6.07, 6.45) is 0. The first-order valence-corrected chi connectivity index (χ1v) is 8.30. The fraction of sp³-hybridized carbons (Fsp3) is 0.158. The van der Waals surface area contributed by atoms with E-state index in [2.05, 4.69) is 16.0 Å². The minimum Gasteiger partial charge on any atom is -0.508 e. The van der Waals surface area contributed by atoms with E-state index in [0.29, 0.717) is 21.9 Å². The molecular weight excluding hydrogens is 334 g/mol. The molecule has 1 aliphatic rings. The average molecular weight is 353 g/mol. The van der Waals surface area contributed by atoms with Gasteiger partial charge >= 0.3 is 0 Å². The Kier molecular flexibility index (Phi) is 4.72. The normalized spacial score (nSPS) is 16.9. The molecule has 4 N–H and O–H groups in total. The summed E-state index contributed by atoms with van der Waals surface area (Å²) in [6.45, 7) is 3.76. The molecule has 0 saturated heterocycles. The van der Waals surface area contributed by atoms with Gasteiger partial charge in [0.15, 0.2) is 5.11 Å². The molecule has 0 radical (unpaired) electrons. The van der Waals surface area contributed by atoms with Gasteiger partial charge in [-0.1, -0.05) is 30.3 Å². The number of hydrogen-bond acceptors (Lipinski definition) is 3. The zero-order valence-corrected chi connectivity index (χ0v) is 14.8. The maximum Gasteiger partial charge on any atom is 0.255 e. The average Bonchev–Trinajstić information content (AvgIpc) is 2.54. The molecule has 0 unspecified atom stereocenters. The molecule has 0 bridgehead atoms. The second-order valence-corrected chi connectivity index (χ2v) is 6.36. The Morgan fingerprint density at radius 3 is 2.64 bits per heavy atom. The first-order valence-electron chi connectivity index (χ1n) is 7.90. The van der Waals surface area contributed by atoms with E-state index in [1.165, 1.54) is 0 Å². The SMILES string of the molecule is CC1=C(C(=O)Nc2cccc(C)c2)[C@H](c2ccccc2O)NC(=S)N1. The predicted molar refractivity (Wildman–Crippen MR) is 102 cm³/mol. The number of nitrogens with one attached hydrogen (secondary N) is 3. The molecule has 2 aromatic carbocycles. The highest BCUT2D eigenvalue weighted by Crippen LogP contribution is 2.32. The van der Waals surface area contributed by atoms with Crippen LogP contribution in [0.15, 0.2) is 59.8 Å². The highest BCUT2D eigenvalue weighted by Gasteiger charge is 2.31. The van der Waals surface area contributed by atoms with Crippen LogP contribution in [0.2, 0.25) is 0 Å². The Balaban J connectivity index is 1.97. The topological polar surface area (TPSA) is 73.4 Å². The van der Waals surface area contributed by atoms with E-state index in [1.54, 1.807) is 25.1 Å². The minimum absolute atomic E-state index is 0.110. The third-order valence-electron chi connectivity index (χ3n) is 4.04. The fourth-order valence-corrected chi connectivity index (χ4v) is 3.15. The van der Waals surface area contributed by atoms with Crippen molar-refractivity contribution in [3.63, 3.8) is 0 Å². The van der Waals surface area contributed by atoms with Crippen molar-refractivity contribution in [2.75, 3.05) is 5.32 Å². The van der Waals surface area contributed by atoms with Crippen LogP contribution >= 0.6 is 12.2 Å². The number of benzene rings is 2. The molecule has 1 atom stereocenters. The van der Waals surface area contributed by atoms with Gasteiger partial charge in [0.1, 0.15) is 5.75 Å². The summed E-state index contributed by atoms with van der Waals surface area (Å²) >= 11 is 5.22. The number of thiocarbonyl (C=S) groups is 1. The Bertz CT molecular complexity index is 876. The number of aryl methyl sites for hydroxylation is 1. The van der Waals surface area contributed by atoms with Crippen LogP contribution in [0.3, 0.4) is 0 Å².